The van der Waals surface area contributed by atoms with Crippen LogP contribution in [0, 0.1) is 20.8 Å². The summed E-state index contributed by atoms with van der Waals surface area (Å²) in [5.74, 6) is 0.269. The molecule has 0 fully saturated rings. The van der Waals surface area contributed by atoms with Crippen LogP contribution in [0.15, 0.2) is 63.9 Å². The molecule has 0 unspecified atom stereocenters. The molecular formula is C26H26N4O3. The SMILES string of the molecule is CCc1ccccc1NC(=O)Cn1c(C)cc(C)c(-c2nc(-c3ccc(C)cc3)no2)c1=O. The highest BCUT2D eigenvalue weighted by atomic mass is 16.5. The molecule has 2 heterocycles. The number of hydrogen-bond donors (Lipinski definition) is 1. The molecule has 1 N–H and O–H groups in total. The minimum absolute atomic E-state index is 0.116. The number of para-hydroxylation sites is 1. The molecule has 7 heteroatoms. The van der Waals surface area contributed by atoms with Gasteiger partial charge in [0.15, 0.2) is 0 Å². The fraction of sp³-hybridized carbons (Fsp3) is 0.231. The number of benzene rings is 2. The average molecular weight is 443 g/mol. The van der Waals surface area contributed by atoms with Gasteiger partial charge >= 0.3 is 0 Å². The summed E-state index contributed by atoms with van der Waals surface area (Å²) in [6.45, 7) is 7.54. The van der Waals surface area contributed by atoms with Gasteiger partial charge in [-0.3, -0.25) is 9.59 Å². The van der Waals surface area contributed by atoms with Crippen LogP contribution in [0.2, 0.25) is 0 Å². The Morgan fingerprint density at radius 1 is 1.06 bits per heavy atom. The van der Waals surface area contributed by atoms with Crippen molar-refractivity contribution in [2.45, 2.75) is 40.7 Å². The maximum atomic E-state index is 13.4. The predicted octanol–water partition coefficient (Wildman–Crippen LogP) is 4.69. The molecule has 0 saturated carbocycles. The quantitative estimate of drug-likeness (QED) is 0.468. The lowest BCUT2D eigenvalue weighted by atomic mass is 10.1. The van der Waals surface area contributed by atoms with Crippen LogP contribution in [0.25, 0.3) is 22.8 Å². The number of anilines is 1. The van der Waals surface area contributed by atoms with Crippen LogP contribution in [0.1, 0.15) is 29.3 Å². The van der Waals surface area contributed by atoms with E-state index in [1.54, 1.807) is 6.92 Å². The van der Waals surface area contributed by atoms with Crippen molar-refractivity contribution in [1.29, 1.82) is 0 Å². The van der Waals surface area contributed by atoms with Gasteiger partial charge in [0.1, 0.15) is 12.1 Å². The summed E-state index contributed by atoms with van der Waals surface area (Å²) in [6, 6.07) is 17.2. The third-order valence-electron chi connectivity index (χ3n) is 5.63. The van der Waals surface area contributed by atoms with Gasteiger partial charge in [0.2, 0.25) is 11.7 Å². The van der Waals surface area contributed by atoms with Crippen molar-refractivity contribution in [1.82, 2.24) is 14.7 Å². The van der Waals surface area contributed by atoms with Crippen molar-refractivity contribution in [2.75, 3.05) is 5.32 Å². The molecule has 0 bridgehead atoms. The second kappa shape index (κ2) is 9.24. The topological polar surface area (TPSA) is 90.0 Å². The van der Waals surface area contributed by atoms with Crippen LogP contribution in [0.5, 0.6) is 0 Å². The maximum Gasteiger partial charge on any atom is 0.264 e. The normalized spacial score (nSPS) is 10.9. The molecule has 1 amide bonds. The molecule has 0 saturated heterocycles. The summed E-state index contributed by atoms with van der Waals surface area (Å²) in [5, 5.41) is 6.97. The Morgan fingerprint density at radius 2 is 1.79 bits per heavy atom. The fourth-order valence-corrected chi connectivity index (χ4v) is 3.81. The van der Waals surface area contributed by atoms with E-state index in [4.69, 9.17) is 4.52 Å². The highest BCUT2D eigenvalue weighted by molar-refractivity contribution is 5.91. The lowest BCUT2D eigenvalue weighted by molar-refractivity contribution is -0.116. The number of aryl methyl sites for hydroxylation is 4. The lowest BCUT2D eigenvalue weighted by Crippen LogP contribution is -2.31. The van der Waals surface area contributed by atoms with Crippen molar-refractivity contribution in [3.05, 3.63) is 87.3 Å². The van der Waals surface area contributed by atoms with Gasteiger partial charge in [-0.2, -0.15) is 4.98 Å². The van der Waals surface area contributed by atoms with E-state index in [2.05, 4.69) is 15.5 Å². The summed E-state index contributed by atoms with van der Waals surface area (Å²) >= 11 is 0. The van der Waals surface area contributed by atoms with Crippen molar-refractivity contribution in [3.63, 3.8) is 0 Å². The zero-order valence-corrected chi connectivity index (χ0v) is 19.2. The number of pyridine rings is 1. The summed E-state index contributed by atoms with van der Waals surface area (Å²) in [7, 11) is 0. The van der Waals surface area contributed by atoms with E-state index in [-0.39, 0.29) is 23.9 Å². The van der Waals surface area contributed by atoms with Gasteiger partial charge in [0.05, 0.1) is 0 Å². The van der Waals surface area contributed by atoms with E-state index >= 15 is 0 Å². The van der Waals surface area contributed by atoms with Gasteiger partial charge in [-0.1, -0.05) is 60.1 Å². The van der Waals surface area contributed by atoms with Gasteiger partial charge in [0, 0.05) is 16.9 Å². The average Bonchev–Trinajstić information content (AvgIpc) is 3.27. The molecule has 2 aromatic carbocycles. The minimum Gasteiger partial charge on any atom is -0.333 e. The molecule has 0 aliphatic carbocycles. The number of carbonyl (C=O) groups excluding carboxylic acids is 1. The molecule has 7 nitrogen and oxygen atoms in total. The van der Waals surface area contributed by atoms with E-state index < -0.39 is 0 Å². The van der Waals surface area contributed by atoms with E-state index in [1.165, 1.54) is 4.57 Å². The first-order valence-electron chi connectivity index (χ1n) is 10.9. The molecule has 0 aliphatic rings. The number of carbonyl (C=O) groups is 1. The first-order chi connectivity index (χ1) is 15.9. The zero-order chi connectivity index (χ0) is 23.5. The molecule has 0 radical (unpaired) electrons. The van der Waals surface area contributed by atoms with E-state index in [0.717, 1.165) is 28.8 Å². The van der Waals surface area contributed by atoms with Crippen molar-refractivity contribution < 1.29 is 9.32 Å². The predicted molar refractivity (Wildman–Crippen MR) is 128 cm³/mol. The van der Waals surface area contributed by atoms with Crippen LogP contribution in [0.4, 0.5) is 5.69 Å². The number of rotatable bonds is 6. The Hall–Kier alpha value is -4.00. The molecule has 33 heavy (non-hydrogen) atoms. The van der Waals surface area contributed by atoms with Crippen molar-refractivity contribution in [2.24, 2.45) is 0 Å². The van der Waals surface area contributed by atoms with Gasteiger partial charge in [-0.15, -0.1) is 0 Å². The lowest BCUT2D eigenvalue weighted by Gasteiger charge is -2.14. The van der Waals surface area contributed by atoms with Gasteiger partial charge in [-0.05, 0) is 50.5 Å². The number of aromatic nitrogens is 3. The minimum atomic E-state index is -0.342. The Morgan fingerprint density at radius 3 is 2.52 bits per heavy atom. The summed E-state index contributed by atoms with van der Waals surface area (Å²) in [6.07, 6.45) is 0.796. The molecule has 0 atom stereocenters. The molecule has 0 aliphatic heterocycles. The highest BCUT2D eigenvalue weighted by Gasteiger charge is 2.20. The third-order valence-corrected chi connectivity index (χ3v) is 5.63. The van der Waals surface area contributed by atoms with Crippen LogP contribution in [-0.2, 0) is 17.8 Å². The van der Waals surface area contributed by atoms with Crippen molar-refractivity contribution in [3.8, 4) is 22.8 Å². The Balaban J connectivity index is 1.65. The Bertz CT molecular complexity index is 1370. The van der Waals surface area contributed by atoms with Crippen LogP contribution in [-0.4, -0.2) is 20.6 Å². The smallest absolute Gasteiger partial charge is 0.264 e. The molecule has 4 rings (SSSR count). The summed E-state index contributed by atoms with van der Waals surface area (Å²) in [4.78, 5) is 30.6. The van der Waals surface area contributed by atoms with Gasteiger partial charge < -0.3 is 14.4 Å². The Labute approximate surface area is 192 Å². The number of nitrogens with zero attached hydrogens (tertiary/aromatic N) is 3. The third kappa shape index (κ3) is 4.62. The number of nitrogens with one attached hydrogen (secondary N) is 1. The Kier molecular flexibility index (Phi) is 6.22. The zero-order valence-electron chi connectivity index (χ0n) is 19.2. The molecule has 168 valence electrons. The summed E-state index contributed by atoms with van der Waals surface area (Å²) < 4.78 is 6.88. The molecule has 2 aromatic heterocycles. The first-order valence-corrected chi connectivity index (χ1v) is 10.9. The van der Waals surface area contributed by atoms with Crippen molar-refractivity contribution >= 4 is 11.6 Å². The van der Waals surface area contributed by atoms with E-state index in [1.807, 2.05) is 75.4 Å². The van der Waals surface area contributed by atoms with Gasteiger partial charge in [-0.25, -0.2) is 0 Å². The fourth-order valence-electron chi connectivity index (χ4n) is 3.81. The number of amides is 1. The second-order valence-electron chi connectivity index (χ2n) is 8.08. The standard InChI is InChI=1S/C26H26N4O3/c1-5-19-8-6-7-9-21(19)27-22(31)15-30-18(4)14-17(3)23(26(30)32)25-28-24(29-33-25)20-12-10-16(2)11-13-20/h6-14H,5,15H2,1-4H3,(H,27,31). The first kappa shape index (κ1) is 22.2. The van der Waals surface area contributed by atoms with Gasteiger partial charge in [0.25, 0.3) is 11.4 Å². The van der Waals surface area contributed by atoms with E-state index in [0.29, 0.717) is 22.6 Å². The van der Waals surface area contributed by atoms with Crippen LogP contribution in [0.3, 0.4) is 0 Å². The highest BCUT2D eigenvalue weighted by Crippen LogP contribution is 2.23. The molecular weight excluding hydrogens is 416 g/mol. The molecule has 4 aromatic rings. The summed E-state index contributed by atoms with van der Waals surface area (Å²) in [5.41, 5.74) is 5.06. The molecule has 0 spiro atoms. The maximum absolute atomic E-state index is 13.4. The second-order valence-corrected chi connectivity index (χ2v) is 8.08. The monoisotopic (exact) mass is 442 g/mol. The largest absolute Gasteiger partial charge is 0.333 e. The van der Waals surface area contributed by atoms with E-state index in [9.17, 15) is 9.59 Å². The van der Waals surface area contributed by atoms with Crippen LogP contribution >= 0.6 is 0 Å². The number of hydrogen-bond acceptors (Lipinski definition) is 5. The van der Waals surface area contributed by atoms with Crippen LogP contribution < -0.4 is 10.9 Å².